The van der Waals surface area contributed by atoms with Crippen molar-refractivity contribution in [3.63, 3.8) is 0 Å². The van der Waals surface area contributed by atoms with Crippen LogP contribution in [0.2, 0.25) is 0 Å². The van der Waals surface area contributed by atoms with E-state index in [0.717, 1.165) is 16.7 Å². The Morgan fingerprint density at radius 1 is 1.07 bits per heavy atom. The number of nitro groups is 1. The van der Waals surface area contributed by atoms with E-state index in [4.69, 9.17) is 9.47 Å². The van der Waals surface area contributed by atoms with Crippen molar-refractivity contribution in [1.82, 2.24) is 14.8 Å². The van der Waals surface area contributed by atoms with E-state index in [2.05, 4.69) is 17.0 Å². The summed E-state index contributed by atoms with van der Waals surface area (Å²) in [5.41, 5.74) is 2.01. The average Bonchev–Trinajstić information content (AvgIpc) is 3.20. The summed E-state index contributed by atoms with van der Waals surface area (Å²) in [7, 11) is 0. The average molecular weight is 410 g/mol. The van der Waals surface area contributed by atoms with Crippen molar-refractivity contribution in [3.05, 3.63) is 69.8 Å². The van der Waals surface area contributed by atoms with Gasteiger partial charge in [0, 0.05) is 29.9 Å². The Labute approximate surface area is 173 Å². The minimum atomic E-state index is -0.519. The normalized spacial score (nSPS) is 10.7. The van der Waals surface area contributed by atoms with Gasteiger partial charge in [-0.2, -0.15) is 9.67 Å². The number of nitrogens with zero attached hydrogens (tertiary/aromatic N) is 4. The number of aromatic nitrogens is 3. The van der Waals surface area contributed by atoms with Gasteiger partial charge in [0.05, 0.1) is 11.5 Å². The van der Waals surface area contributed by atoms with Crippen LogP contribution in [-0.4, -0.2) is 45.4 Å². The first-order valence-electron chi connectivity index (χ1n) is 9.59. The lowest BCUT2D eigenvalue weighted by Gasteiger charge is -2.05. The van der Waals surface area contributed by atoms with Crippen LogP contribution >= 0.6 is 0 Å². The molecular formula is C21H22N4O5. The summed E-state index contributed by atoms with van der Waals surface area (Å²) in [4.78, 5) is 27.8. The molecule has 0 spiro atoms. The van der Waals surface area contributed by atoms with Crippen molar-refractivity contribution in [1.29, 1.82) is 0 Å². The van der Waals surface area contributed by atoms with Gasteiger partial charge in [0.15, 0.2) is 5.82 Å². The molecule has 0 radical (unpaired) electrons. The zero-order chi connectivity index (χ0) is 21.5. The van der Waals surface area contributed by atoms with Gasteiger partial charge in [0.1, 0.15) is 6.61 Å². The van der Waals surface area contributed by atoms with Crippen molar-refractivity contribution >= 4 is 11.6 Å². The van der Waals surface area contributed by atoms with Crippen LogP contribution in [0.3, 0.4) is 0 Å². The van der Waals surface area contributed by atoms with Crippen LogP contribution in [0.25, 0.3) is 11.4 Å². The first-order chi connectivity index (χ1) is 14.5. The van der Waals surface area contributed by atoms with Gasteiger partial charge in [-0.25, -0.2) is 0 Å². The number of carbonyl (C=O) groups is 1. The van der Waals surface area contributed by atoms with Gasteiger partial charge in [-0.1, -0.05) is 31.2 Å². The molecule has 1 aromatic heterocycles. The maximum atomic E-state index is 13.0. The lowest BCUT2D eigenvalue weighted by molar-refractivity contribution is -0.384. The molecule has 0 fully saturated rings. The summed E-state index contributed by atoms with van der Waals surface area (Å²) >= 11 is 0. The highest BCUT2D eigenvalue weighted by Crippen LogP contribution is 2.22. The zero-order valence-electron chi connectivity index (χ0n) is 16.8. The van der Waals surface area contributed by atoms with E-state index >= 15 is 0 Å². The molecule has 0 aliphatic rings. The Balaban J connectivity index is 1.94. The molecule has 0 bridgehead atoms. The zero-order valence-corrected chi connectivity index (χ0v) is 16.8. The molecule has 30 heavy (non-hydrogen) atoms. The second kappa shape index (κ2) is 9.75. The van der Waals surface area contributed by atoms with E-state index in [0.29, 0.717) is 24.6 Å². The number of hydrogen-bond donors (Lipinski definition) is 0. The van der Waals surface area contributed by atoms with E-state index in [1.54, 1.807) is 0 Å². The van der Waals surface area contributed by atoms with Crippen LogP contribution in [0.4, 0.5) is 5.69 Å². The number of non-ortho nitro benzene ring substituents is 1. The lowest BCUT2D eigenvalue weighted by atomic mass is 10.1. The van der Waals surface area contributed by atoms with Crippen LogP contribution < -0.4 is 4.74 Å². The van der Waals surface area contributed by atoms with Crippen LogP contribution in [0.1, 0.15) is 29.8 Å². The number of benzene rings is 2. The van der Waals surface area contributed by atoms with Gasteiger partial charge in [-0.3, -0.25) is 14.9 Å². The number of hydrogen-bond acceptors (Lipinski definition) is 7. The number of ether oxygens (including phenoxy) is 2. The van der Waals surface area contributed by atoms with Crippen molar-refractivity contribution in [2.45, 2.75) is 20.3 Å². The molecule has 9 nitrogen and oxygen atoms in total. The first-order valence-corrected chi connectivity index (χ1v) is 9.59. The lowest BCUT2D eigenvalue weighted by Crippen LogP contribution is -2.15. The summed E-state index contributed by atoms with van der Waals surface area (Å²) in [5.74, 6) is -0.140. The van der Waals surface area contributed by atoms with Gasteiger partial charge in [0.25, 0.3) is 11.6 Å². The van der Waals surface area contributed by atoms with E-state index in [1.165, 1.54) is 24.3 Å². The molecule has 0 saturated carbocycles. The number of aryl methyl sites for hydroxylation is 1. The summed E-state index contributed by atoms with van der Waals surface area (Å²) in [5, 5.41) is 15.1. The van der Waals surface area contributed by atoms with Crippen LogP contribution in [0.15, 0.2) is 48.5 Å². The molecular weight excluding hydrogens is 388 g/mol. The Morgan fingerprint density at radius 2 is 1.77 bits per heavy atom. The van der Waals surface area contributed by atoms with Crippen molar-refractivity contribution < 1.29 is 19.2 Å². The van der Waals surface area contributed by atoms with Crippen molar-refractivity contribution in [2.24, 2.45) is 0 Å². The van der Waals surface area contributed by atoms with E-state index in [9.17, 15) is 14.9 Å². The molecule has 3 aromatic rings. The Kier molecular flexibility index (Phi) is 6.87. The standard InChI is InChI=1S/C21H22N4O5/c1-3-15-5-7-16(8-6-15)19-22-21(30-14-13-29-4-2)23-24(19)20(26)17-9-11-18(12-10-17)25(27)28/h5-12H,3-4,13-14H2,1-2H3. The highest BCUT2D eigenvalue weighted by Gasteiger charge is 2.21. The van der Waals surface area contributed by atoms with Gasteiger partial charge in [-0.05, 0) is 31.0 Å². The monoisotopic (exact) mass is 410 g/mol. The van der Waals surface area contributed by atoms with Crippen LogP contribution in [0.5, 0.6) is 6.01 Å². The van der Waals surface area contributed by atoms with E-state index in [-0.39, 0.29) is 23.9 Å². The number of nitro benzene ring substituents is 1. The topological polar surface area (TPSA) is 109 Å². The fourth-order valence-electron chi connectivity index (χ4n) is 2.76. The second-order valence-corrected chi connectivity index (χ2v) is 6.33. The quantitative estimate of drug-likeness (QED) is 0.301. The molecule has 2 aromatic carbocycles. The molecule has 0 atom stereocenters. The predicted octanol–water partition coefficient (Wildman–Crippen LogP) is 3.52. The summed E-state index contributed by atoms with van der Waals surface area (Å²) in [6, 6.07) is 13.0. The fraction of sp³-hybridized carbons (Fsp3) is 0.286. The molecule has 9 heteroatoms. The molecule has 0 unspecified atom stereocenters. The molecule has 156 valence electrons. The van der Waals surface area contributed by atoms with Gasteiger partial charge < -0.3 is 9.47 Å². The Hall–Kier alpha value is -3.59. The van der Waals surface area contributed by atoms with Gasteiger partial charge in [0.2, 0.25) is 0 Å². The molecule has 3 rings (SSSR count). The fourth-order valence-corrected chi connectivity index (χ4v) is 2.76. The van der Waals surface area contributed by atoms with Gasteiger partial charge >= 0.3 is 6.01 Å². The van der Waals surface area contributed by atoms with Crippen molar-refractivity contribution in [2.75, 3.05) is 19.8 Å². The predicted molar refractivity (Wildman–Crippen MR) is 110 cm³/mol. The molecule has 1 heterocycles. The third-order valence-electron chi connectivity index (χ3n) is 4.39. The SMILES string of the molecule is CCOCCOc1nc(-c2ccc(CC)cc2)n(C(=O)c2ccc([N+](=O)[O-])cc2)n1. The molecule has 0 saturated heterocycles. The van der Waals surface area contributed by atoms with Crippen LogP contribution in [-0.2, 0) is 11.2 Å². The highest BCUT2D eigenvalue weighted by molar-refractivity contribution is 5.97. The van der Waals surface area contributed by atoms with Gasteiger partial charge in [-0.15, -0.1) is 5.10 Å². The molecule has 0 N–H and O–H groups in total. The van der Waals surface area contributed by atoms with Crippen molar-refractivity contribution in [3.8, 4) is 17.4 Å². The maximum Gasteiger partial charge on any atom is 0.336 e. The summed E-state index contributed by atoms with van der Waals surface area (Å²) in [6.07, 6.45) is 0.889. The largest absolute Gasteiger partial charge is 0.460 e. The van der Waals surface area contributed by atoms with Crippen LogP contribution in [0, 0.1) is 10.1 Å². The molecule has 0 aliphatic heterocycles. The third-order valence-corrected chi connectivity index (χ3v) is 4.39. The summed E-state index contributed by atoms with van der Waals surface area (Å²) in [6.45, 7) is 5.13. The number of carbonyl (C=O) groups excluding carboxylic acids is 1. The van der Waals surface area contributed by atoms with E-state index < -0.39 is 10.8 Å². The summed E-state index contributed by atoms with van der Waals surface area (Å²) < 4.78 is 11.9. The highest BCUT2D eigenvalue weighted by atomic mass is 16.6. The maximum absolute atomic E-state index is 13.0. The Morgan fingerprint density at radius 3 is 2.37 bits per heavy atom. The third kappa shape index (κ3) is 4.87. The number of rotatable bonds is 9. The minimum absolute atomic E-state index is 0.0551. The smallest absolute Gasteiger partial charge is 0.336 e. The second-order valence-electron chi connectivity index (χ2n) is 6.33. The first kappa shape index (κ1) is 21.1. The van der Waals surface area contributed by atoms with E-state index in [1.807, 2.05) is 31.2 Å². The Bertz CT molecular complexity index is 1010. The minimum Gasteiger partial charge on any atom is -0.460 e. The molecule has 0 amide bonds. The molecule has 0 aliphatic carbocycles.